The molecule has 0 saturated carbocycles. The Bertz CT molecular complexity index is 703. The van der Waals surface area contributed by atoms with Gasteiger partial charge in [-0.25, -0.2) is 4.98 Å². The number of nitrogens with zero attached hydrogens (tertiary/aromatic N) is 5. The second kappa shape index (κ2) is 7.53. The highest BCUT2D eigenvalue weighted by atomic mass is 35.5. The molecule has 9 heteroatoms. The molecule has 0 aliphatic carbocycles. The number of aromatic nitrogens is 3. The molecule has 1 aliphatic rings. The number of rotatable bonds is 4. The average molecular weight is 372 g/mol. The fourth-order valence-corrected chi connectivity index (χ4v) is 3.02. The smallest absolute Gasteiger partial charge is 0.353 e. The Hall–Kier alpha value is -1.93. The van der Waals surface area contributed by atoms with Crippen LogP contribution < -0.4 is 4.90 Å². The molecule has 1 aliphatic heterocycles. The van der Waals surface area contributed by atoms with Gasteiger partial charge in [-0.15, -0.1) is 0 Å². The molecule has 0 amide bonds. The van der Waals surface area contributed by atoms with Crippen LogP contribution in [0.4, 0.5) is 19.0 Å². The molecule has 0 unspecified atom stereocenters. The van der Waals surface area contributed by atoms with Crippen molar-refractivity contribution in [2.45, 2.75) is 12.6 Å². The fourth-order valence-electron chi connectivity index (χ4n) is 2.73. The third-order valence-corrected chi connectivity index (χ3v) is 4.40. The average Bonchev–Trinajstić information content (AvgIpc) is 2.60. The van der Waals surface area contributed by atoms with Gasteiger partial charge < -0.3 is 4.90 Å². The summed E-state index contributed by atoms with van der Waals surface area (Å²) >= 11 is 6.01. The minimum atomic E-state index is -4.44. The van der Waals surface area contributed by atoms with Crippen LogP contribution in [0.25, 0.3) is 0 Å². The molecular weight excluding hydrogens is 355 g/mol. The van der Waals surface area contributed by atoms with Crippen LogP contribution in [0.3, 0.4) is 0 Å². The number of piperazine rings is 1. The van der Waals surface area contributed by atoms with E-state index in [1.165, 1.54) is 0 Å². The summed E-state index contributed by atoms with van der Waals surface area (Å²) < 4.78 is 38.1. The van der Waals surface area contributed by atoms with Crippen LogP contribution in [0.2, 0.25) is 5.02 Å². The zero-order valence-corrected chi connectivity index (χ0v) is 14.1. The molecule has 25 heavy (non-hydrogen) atoms. The summed E-state index contributed by atoms with van der Waals surface area (Å²) in [4.78, 5) is 16.4. The Morgan fingerprint density at radius 3 is 2.40 bits per heavy atom. The third-order valence-electron chi connectivity index (χ3n) is 4.12. The van der Waals surface area contributed by atoms with Gasteiger partial charge in [-0.3, -0.25) is 14.9 Å². The van der Waals surface area contributed by atoms with E-state index in [1.807, 2.05) is 4.90 Å². The van der Waals surface area contributed by atoms with E-state index >= 15 is 0 Å². The van der Waals surface area contributed by atoms with Gasteiger partial charge in [-0.2, -0.15) is 13.2 Å². The van der Waals surface area contributed by atoms with E-state index in [9.17, 15) is 13.2 Å². The molecule has 0 N–H and O–H groups in total. The fraction of sp³-hybridized carbons (Fsp3) is 0.438. The van der Waals surface area contributed by atoms with Crippen LogP contribution in [-0.4, -0.2) is 52.6 Å². The molecule has 2 aromatic heterocycles. The minimum absolute atomic E-state index is 0.0304. The first kappa shape index (κ1) is 17.9. The Balaban J connectivity index is 1.55. The summed E-state index contributed by atoms with van der Waals surface area (Å²) in [6.07, 6.45) is 2.28. The summed E-state index contributed by atoms with van der Waals surface area (Å²) in [6.45, 7) is 3.77. The van der Waals surface area contributed by atoms with Crippen LogP contribution in [-0.2, 0) is 12.6 Å². The zero-order chi connectivity index (χ0) is 17.9. The van der Waals surface area contributed by atoms with Crippen LogP contribution in [0, 0.1) is 0 Å². The highest BCUT2D eigenvalue weighted by molar-refractivity contribution is 6.33. The second-order valence-electron chi connectivity index (χ2n) is 5.80. The van der Waals surface area contributed by atoms with Crippen molar-refractivity contribution in [3.8, 4) is 0 Å². The maximum absolute atomic E-state index is 12.7. The van der Waals surface area contributed by atoms with Crippen molar-refractivity contribution in [3.05, 3.63) is 47.1 Å². The lowest BCUT2D eigenvalue weighted by atomic mass is 10.2. The Labute approximate surface area is 148 Å². The van der Waals surface area contributed by atoms with Crippen LogP contribution in [0.1, 0.15) is 11.3 Å². The highest BCUT2D eigenvalue weighted by Crippen LogP contribution is 2.33. The summed E-state index contributed by atoms with van der Waals surface area (Å²) in [5, 5.41) is 0.0304. The van der Waals surface area contributed by atoms with E-state index < -0.39 is 11.7 Å². The maximum atomic E-state index is 12.7. The lowest BCUT2D eigenvalue weighted by Gasteiger charge is -2.35. The molecule has 1 saturated heterocycles. The molecule has 1 fully saturated rings. The van der Waals surface area contributed by atoms with Crippen molar-refractivity contribution in [2.24, 2.45) is 0 Å². The van der Waals surface area contributed by atoms with Crippen molar-refractivity contribution in [1.29, 1.82) is 0 Å². The molecule has 0 bridgehead atoms. The van der Waals surface area contributed by atoms with Crippen LogP contribution >= 0.6 is 11.6 Å². The molecule has 0 atom stereocenters. The van der Waals surface area contributed by atoms with Gasteiger partial charge in [0, 0.05) is 63.9 Å². The second-order valence-corrected chi connectivity index (χ2v) is 6.21. The van der Waals surface area contributed by atoms with Gasteiger partial charge in [0.2, 0.25) is 0 Å². The Morgan fingerprint density at radius 1 is 1.04 bits per heavy atom. The van der Waals surface area contributed by atoms with Gasteiger partial charge in [0.15, 0.2) is 0 Å². The summed E-state index contributed by atoms with van der Waals surface area (Å²) in [5.74, 6) is 0.406. The van der Waals surface area contributed by atoms with Gasteiger partial charge in [-0.1, -0.05) is 11.6 Å². The number of hydrogen-bond donors (Lipinski definition) is 0. The predicted octanol–water partition coefficient (Wildman–Crippen LogP) is 2.91. The highest BCUT2D eigenvalue weighted by Gasteiger charge is 2.32. The van der Waals surface area contributed by atoms with Gasteiger partial charge in [0.05, 0.1) is 16.3 Å². The van der Waals surface area contributed by atoms with Crippen molar-refractivity contribution >= 4 is 17.4 Å². The molecule has 3 rings (SSSR count). The minimum Gasteiger partial charge on any atom is -0.353 e. The summed E-state index contributed by atoms with van der Waals surface area (Å²) in [7, 11) is 0. The van der Waals surface area contributed by atoms with E-state index in [1.54, 1.807) is 18.6 Å². The Morgan fingerprint density at radius 2 is 1.80 bits per heavy atom. The van der Waals surface area contributed by atoms with E-state index in [0.29, 0.717) is 18.9 Å². The monoisotopic (exact) mass is 371 g/mol. The van der Waals surface area contributed by atoms with Gasteiger partial charge in [0.25, 0.3) is 0 Å². The van der Waals surface area contributed by atoms with Crippen molar-refractivity contribution in [2.75, 3.05) is 37.6 Å². The van der Waals surface area contributed by atoms with Gasteiger partial charge >= 0.3 is 6.18 Å². The lowest BCUT2D eigenvalue weighted by Crippen LogP contribution is -2.47. The predicted molar refractivity (Wildman–Crippen MR) is 88.6 cm³/mol. The number of alkyl halides is 3. The van der Waals surface area contributed by atoms with E-state index in [-0.39, 0.29) is 5.02 Å². The molecule has 5 nitrogen and oxygen atoms in total. The third kappa shape index (κ3) is 4.58. The quantitative estimate of drug-likeness (QED) is 0.827. The molecular formula is C16H17ClF3N5. The largest absolute Gasteiger partial charge is 0.417 e. The number of anilines is 1. The molecule has 3 heterocycles. The lowest BCUT2D eigenvalue weighted by molar-refractivity contribution is -0.137. The van der Waals surface area contributed by atoms with Crippen molar-refractivity contribution < 1.29 is 13.2 Å². The Kier molecular flexibility index (Phi) is 5.39. The zero-order valence-electron chi connectivity index (χ0n) is 13.4. The number of hydrogen-bond acceptors (Lipinski definition) is 5. The number of halogens is 4. The molecule has 0 radical (unpaired) electrons. The topological polar surface area (TPSA) is 45.2 Å². The first-order chi connectivity index (χ1) is 11.9. The molecule has 134 valence electrons. The molecule has 0 aromatic carbocycles. The molecule has 0 spiro atoms. The molecule has 2 aromatic rings. The number of pyridine rings is 1. The van der Waals surface area contributed by atoms with Crippen molar-refractivity contribution in [1.82, 2.24) is 19.9 Å². The van der Waals surface area contributed by atoms with Gasteiger partial charge in [0.1, 0.15) is 5.82 Å². The maximum Gasteiger partial charge on any atom is 0.417 e. The SMILES string of the molecule is FC(F)(F)c1cnc(N2CCN(CCc3cnccn3)CC2)c(Cl)c1. The van der Waals surface area contributed by atoms with E-state index in [4.69, 9.17) is 11.6 Å². The summed E-state index contributed by atoms with van der Waals surface area (Å²) in [6, 6.07) is 0.935. The normalized spacial score (nSPS) is 16.2. The summed E-state index contributed by atoms with van der Waals surface area (Å²) in [5.41, 5.74) is 0.112. The first-order valence-electron chi connectivity index (χ1n) is 7.88. The standard InChI is InChI=1S/C16H17ClF3N5/c17-14-9-12(16(18,19)20)10-23-15(14)25-7-5-24(6-8-25)4-1-13-11-21-2-3-22-13/h2-3,9-11H,1,4-8H2. The van der Waals surface area contributed by atoms with Crippen molar-refractivity contribution in [3.63, 3.8) is 0 Å². The van der Waals surface area contributed by atoms with E-state index in [2.05, 4.69) is 19.9 Å². The first-order valence-corrected chi connectivity index (χ1v) is 8.26. The van der Waals surface area contributed by atoms with Crippen LogP contribution in [0.5, 0.6) is 0 Å². The van der Waals surface area contributed by atoms with Crippen LogP contribution in [0.15, 0.2) is 30.9 Å². The van der Waals surface area contributed by atoms with Gasteiger partial charge in [-0.05, 0) is 6.07 Å². The van der Waals surface area contributed by atoms with E-state index in [0.717, 1.165) is 44.0 Å².